The second-order valence-electron chi connectivity index (χ2n) is 5.11. The maximum atomic E-state index is 13.7. The summed E-state index contributed by atoms with van der Waals surface area (Å²) in [5.41, 5.74) is -2.95. The van der Waals surface area contributed by atoms with Gasteiger partial charge in [-0.2, -0.15) is 26.0 Å². The SMILES string of the molecule is O=C(Cl)C1(Cc2cccc(S(=O)(=O)O)c2)CC(F)(F)C1(F)F. The molecule has 1 N–H and O–H groups in total. The molecule has 0 amide bonds. The first-order valence-corrected chi connectivity index (χ1v) is 7.67. The first-order chi connectivity index (χ1) is 9.83. The van der Waals surface area contributed by atoms with Crippen molar-refractivity contribution in [3.63, 3.8) is 0 Å². The van der Waals surface area contributed by atoms with Gasteiger partial charge < -0.3 is 0 Å². The van der Waals surface area contributed by atoms with E-state index < -0.39 is 50.4 Å². The minimum Gasteiger partial charge on any atom is -0.282 e. The molecule has 0 aliphatic heterocycles. The summed E-state index contributed by atoms with van der Waals surface area (Å²) in [5, 5.41) is -1.62. The Hall–Kier alpha value is -1.19. The molecule has 10 heteroatoms. The molecule has 0 spiro atoms. The molecule has 1 fully saturated rings. The predicted molar refractivity (Wildman–Crippen MR) is 67.8 cm³/mol. The number of benzene rings is 1. The highest BCUT2D eigenvalue weighted by molar-refractivity contribution is 7.85. The first kappa shape index (κ1) is 17.2. The summed E-state index contributed by atoms with van der Waals surface area (Å²) in [6.45, 7) is 0. The van der Waals surface area contributed by atoms with Gasteiger partial charge in [-0.05, 0) is 35.7 Å². The maximum absolute atomic E-state index is 13.7. The van der Waals surface area contributed by atoms with Crippen LogP contribution in [-0.2, 0) is 21.3 Å². The molecule has 0 radical (unpaired) electrons. The molecule has 0 saturated heterocycles. The van der Waals surface area contributed by atoms with Crippen molar-refractivity contribution in [2.75, 3.05) is 0 Å². The molecule has 1 unspecified atom stereocenters. The molecular weight excluding hydrogens is 352 g/mol. The van der Waals surface area contributed by atoms with Crippen molar-refractivity contribution >= 4 is 27.0 Å². The Morgan fingerprint density at radius 1 is 1.27 bits per heavy atom. The van der Waals surface area contributed by atoms with Crippen molar-refractivity contribution < 1.29 is 35.3 Å². The van der Waals surface area contributed by atoms with Gasteiger partial charge >= 0.3 is 11.8 Å². The standard InChI is InChI=1S/C12H9ClF4O4S/c13-9(18)10(6-11(14,15)12(10,16)17)5-7-2-1-3-8(4-7)22(19,20)21/h1-4H,5-6H2,(H,19,20,21). The van der Waals surface area contributed by atoms with E-state index in [0.29, 0.717) is 0 Å². The Morgan fingerprint density at radius 2 is 1.86 bits per heavy atom. The van der Waals surface area contributed by atoms with E-state index in [-0.39, 0.29) is 5.56 Å². The van der Waals surface area contributed by atoms with Crippen LogP contribution in [0.4, 0.5) is 17.6 Å². The van der Waals surface area contributed by atoms with Gasteiger partial charge in [-0.15, -0.1) is 0 Å². The maximum Gasteiger partial charge on any atom is 0.324 e. The fraction of sp³-hybridized carbons (Fsp3) is 0.417. The molecule has 0 heterocycles. The molecule has 0 bridgehead atoms. The Morgan fingerprint density at radius 3 is 2.27 bits per heavy atom. The van der Waals surface area contributed by atoms with Crippen LogP contribution in [0.5, 0.6) is 0 Å². The van der Waals surface area contributed by atoms with Gasteiger partial charge in [-0.3, -0.25) is 9.35 Å². The number of halogens is 5. The fourth-order valence-electron chi connectivity index (χ4n) is 2.44. The number of hydrogen-bond donors (Lipinski definition) is 1. The zero-order valence-corrected chi connectivity index (χ0v) is 12.3. The fourth-order valence-corrected chi connectivity index (χ4v) is 3.25. The lowest BCUT2D eigenvalue weighted by molar-refractivity contribution is -0.342. The van der Waals surface area contributed by atoms with Crippen LogP contribution in [0.25, 0.3) is 0 Å². The van der Waals surface area contributed by atoms with Gasteiger partial charge in [-0.1, -0.05) is 12.1 Å². The van der Waals surface area contributed by atoms with Crippen molar-refractivity contribution in [3.05, 3.63) is 29.8 Å². The molecule has 4 nitrogen and oxygen atoms in total. The second-order valence-corrected chi connectivity index (χ2v) is 6.88. The minimum atomic E-state index is -4.65. The summed E-state index contributed by atoms with van der Waals surface area (Å²) in [4.78, 5) is 10.7. The van der Waals surface area contributed by atoms with Gasteiger partial charge in [0.05, 0.1) is 4.90 Å². The number of carbonyl (C=O) groups is 1. The first-order valence-electron chi connectivity index (χ1n) is 5.85. The van der Waals surface area contributed by atoms with Crippen molar-refractivity contribution in [3.8, 4) is 0 Å². The Kier molecular flexibility index (Phi) is 3.83. The molecule has 1 atom stereocenters. The Balaban J connectivity index is 2.42. The predicted octanol–water partition coefficient (Wildman–Crippen LogP) is 2.90. The molecule has 1 aliphatic rings. The van der Waals surface area contributed by atoms with Crippen molar-refractivity contribution in [2.45, 2.75) is 29.6 Å². The Bertz CT molecular complexity index is 734. The van der Waals surface area contributed by atoms with Gasteiger partial charge in [0.25, 0.3) is 10.1 Å². The third kappa shape index (κ3) is 2.40. The number of alkyl halides is 4. The summed E-state index contributed by atoms with van der Waals surface area (Å²) < 4.78 is 84.3. The highest BCUT2D eigenvalue weighted by atomic mass is 35.5. The average Bonchev–Trinajstić information content (AvgIpc) is 2.36. The van der Waals surface area contributed by atoms with Crippen molar-refractivity contribution in [1.82, 2.24) is 0 Å². The van der Waals surface area contributed by atoms with Crippen LogP contribution in [-0.4, -0.2) is 30.1 Å². The lowest BCUT2D eigenvalue weighted by atomic mass is 9.60. The van der Waals surface area contributed by atoms with Crippen LogP contribution in [0, 0.1) is 5.41 Å². The number of carbonyl (C=O) groups excluding carboxylic acids is 1. The van der Waals surface area contributed by atoms with Crippen LogP contribution < -0.4 is 0 Å². The lowest BCUT2D eigenvalue weighted by Crippen LogP contribution is -2.69. The molecule has 22 heavy (non-hydrogen) atoms. The molecule has 1 saturated carbocycles. The van der Waals surface area contributed by atoms with Gasteiger partial charge in [0.2, 0.25) is 5.24 Å². The summed E-state index contributed by atoms with van der Waals surface area (Å²) in [6.07, 6.45) is -2.31. The van der Waals surface area contributed by atoms with E-state index in [4.69, 9.17) is 16.2 Å². The van der Waals surface area contributed by atoms with Gasteiger partial charge in [0, 0.05) is 6.42 Å². The largest absolute Gasteiger partial charge is 0.324 e. The average molecular weight is 361 g/mol. The molecule has 1 aliphatic carbocycles. The smallest absolute Gasteiger partial charge is 0.282 e. The lowest BCUT2D eigenvalue weighted by Gasteiger charge is -2.51. The zero-order chi connectivity index (χ0) is 17.0. The second kappa shape index (κ2) is 4.90. The van der Waals surface area contributed by atoms with Crippen molar-refractivity contribution in [1.29, 1.82) is 0 Å². The molecule has 1 aromatic rings. The normalized spacial score (nSPS) is 26.3. The van der Waals surface area contributed by atoms with E-state index in [1.165, 1.54) is 6.07 Å². The van der Waals surface area contributed by atoms with Crippen LogP contribution in [0.15, 0.2) is 29.2 Å². The van der Waals surface area contributed by atoms with Crippen LogP contribution in [0.1, 0.15) is 12.0 Å². The topological polar surface area (TPSA) is 71.4 Å². The van der Waals surface area contributed by atoms with Crippen LogP contribution in [0.3, 0.4) is 0 Å². The summed E-state index contributed by atoms with van der Waals surface area (Å²) in [7, 11) is -4.60. The molecule has 2 rings (SSSR count). The third-order valence-corrected chi connectivity index (χ3v) is 4.87. The number of hydrogen-bond acceptors (Lipinski definition) is 3. The van der Waals surface area contributed by atoms with E-state index in [9.17, 15) is 30.8 Å². The minimum absolute atomic E-state index is 0.140. The summed E-state index contributed by atoms with van der Waals surface area (Å²) in [5.74, 6) is -9.01. The Labute approximate surface area is 127 Å². The van der Waals surface area contributed by atoms with Gasteiger partial charge in [0.1, 0.15) is 5.41 Å². The molecule has 0 aromatic heterocycles. The zero-order valence-electron chi connectivity index (χ0n) is 10.7. The van der Waals surface area contributed by atoms with E-state index in [1.807, 2.05) is 0 Å². The van der Waals surface area contributed by atoms with Gasteiger partial charge in [0.15, 0.2) is 0 Å². The van der Waals surface area contributed by atoms with Crippen molar-refractivity contribution in [2.24, 2.45) is 5.41 Å². The third-order valence-electron chi connectivity index (χ3n) is 3.66. The highest BCUT2D eigenvalue weighted by Crippen LogP contribution is 2.65. The van der Waals surface area contributed by atoms with E-state index in [2.05, 4.69) is 0 Å². The molecule has 1 aromatic carbocycles. The van der Waals surface area contributed by atoms with Crippen LogP contribution in [0.2, 0.25) is 0 Å². The van der Waals surface area contributed by atoms with Gasteiger partial charge in [-0.25, -0.2) is 0 Å². The van der Waals surface area contributed by atoms with E-state index >= 15 is 0 Å². The van der Waals surface area contributed by atoms with E-state index in [0.717, 1.165) is 18.2 Å². The van der Waals surface area contributed by atoms with Crippen LogP contribution >= 0.6 is 11.6 Å². The molecular formula is C12H9ClF4O4S. The quantitative estimate of drug-likeness (QED) is 0.509. The molecule has 122 valence electrons. The summed E-state index contributed by atoms with van der Waals surface area (Å²) in [6, 6.07) is 4.10. The highest BCUT2D eigenvalue weighted by Gasteiger charge is 2.82. The monoisotopic (exact) mass is 360 g/mol. The summed E-state index contributed by atoms with van der Waals surface area (Å²) >= 11 is 5.11. The van der Waals surface area contributed by atoms with E-state index in [1.54, 1.807) is 0 Å². The number of rotatable bonds is 4.